The summed E-state index contributed by atoms with van der Waals surface area (Å²) < 4.78 is 1.68. The molecule has 2 aromatic heterocycles. The molecule has 0 atom stereocenters. The molecule has 0 aliphatic heterocycles. The number of hydrogen-bond donors (Lipinski definition) is 0. The van der Waals surface area contributed by atoms with E-state index < -0.39 is 0 Å². The van der Waals surface area contributed by atoms with Crippen molar-refractivity contribution >= 4 is 5.78 Å². The van der Waals surface area contributed by atoms with Gasteiger partial charge >= 0.3 is 0 Å². The molecule has 0 unspecified atom stereocenters. The number of hydrogen-bond acceptors (Lipinski definition) is 3. The van der Waals surface area contributed by atoms with Crippen molar-refractivity contribution in [2.24, 2.45) is 0 Å². The summed E-state index contributed by atoms with van der Waals surface area (Å²) in [6, 6.07) is 3.66. The van der Waals surface area contributed by atoms with Crippen LogP contribution < -0.4 is 0 Å². The molecule has 15 heavy (non-hydrogen) atoms. The number of rotatable bonds is 3. The maximum Gasteiger partial charge on any atom is 0.221 e. The van der Waals surface area contributed by atoms with Crippen molar-refractivity contribution in [2.45, 2.75) is 0 Å². The van der Waals surface area contributed by atoms with Crippen molar-refractivity contribution in [1.82, 2.24) is 14.5 Å². The predicted octanol–water partition coefficient (Wildman–Crippen LogP) is 1.64. The normalized spacial score (nSPS) is 9.87. The highest BCUT2D eigenvalue weighted by Gasteiger charge is 2.10. The van der Waals surface area contributed by atoms with Crippen LogP contribution in [0.25, 0.3) is 5.69 Å². The van der Waals surface area contributed by atoms with Crippen LogP contribution in [0, 0.1) is 0 Å². The zero-order chi connectivity index (χ0) is 10.7. The van der Waals surface area contributed by atoms with Crippen LogP contribution in [0.1, 0.15) is 10.6 Å². The van der Waals surface area contributed by atoms with Crippen molar-refractivity contribution in [3.63, 3.8) is 0 Å². The first-order chi connectivity index (χ1) is 7.33. The molecule has 0 aliphatic carbocycles. The molecule has 0 N–H and O–H groups in total. The second kappa shape index (κ2) is 3.88. The molecule has 2 aromatic rings. The first-order valence-corrected chi connectivity index (χ1v) is 4.43. The molecule has 0 spiro atoms. The SMILES string of the molecule is C=CC(=O)c1nccn1-c1cccnc1. The van der Waals surface area contributed by atoms with E-state index in [1.807, 2.05) is 6.07 Å². The number of nitrogens with zero attached hydrogens (tertiary/aromatic N) is 3. The summed E-state index contributed by atoms with van der Waals surface area (Å²) in [6.45, 7) is 3.43. The van der Waals surface area contributed by atoms with Gasteiger partial charge in [0.25, 0.3) is 0 Å². The third-order valence-corrected chi connectivity index (χ3v) is 1.97. The van der Waals surface area contributed by atoms with Gasteiger partial charge in [-0.3, -0.25) is 14.3 Å². The predicted molar refractivity (Wildman–Crippen MR) is 55.9 cm³/mol. The molecule has 0 fully saturated rings. The van der Waals surface area contributed by atoms with Gasteiger partial charge in [0.05, 0.1) is 11.9 Å². The molecular formula is C11H9N3O. The van der Waals surface area contributed by atoms with Crippen LogP contribution in [0.4, 0.5) is 0 Å². The zero-order valence-corrected chi connectivity index (χ0v) is 8.00. The number of allylic oxidation sites excluding steroid dienone is 1. The highest BCUT2D eigenvalue weighted by atomic mass is 16.1. The van der Waals surface area contributed by atoms with Crippen molar-refractivity contribution < 1.29 is 4.79 Å². The number of imidazole rings is 1. The van der Waals surface area contributed by atoms with E-state index in [1.165, 1.54) is 6.08 Å². The lowest BCUT2D eigenvalue weighted by Gasteiger charge is -2.03. The molecule has 4 nitrogen and oxygen atoms in total. The third-order valence-electron chi connectivity index (χ3n) is 1.97. The van der Waals surface area contributed by atoms with Gasteiger partial charge in [-0.15, -0.1) is 0 Å². The summed E-state index contributed by atoms with van der Waals surface area (Å²) in [5.74, 6) is 0.141. The molecule has 0 saturated heterocycles. The summed E-state index contributed by atoms with van der Waals surface area (Å²) >= 11 is 0. The Labute approximate surface area is 86.9 Å². The monoisotopic (exact) mass is 199 g/mol. The Morgan fingerprint density at radius 3 is 3.00 bits per heavy atom. The van der Waals surface area contributed by atoms with Gasteiger partial charge in [-0.25, -0.2) is 4.98 Å². The number of ketones is 1. The largest absolute Gasteiger partial charge is 0.295 e. The Morgan fingerprint density at radius 1 is 1.47 bits per heavy atom. The summed E-state index contributed by atoms with van der Waals surface area (Å²) in [7, 11) is 0. The second-order valence-electron chi connectivity index (χ2n) is 2.90. The molecule has 0 radical (unpaired) electrons. The van der Waals surface area contributed by atoms with Crippen molar-refractivity contribution in [3.8, 4) is 5.69 Å². The van der Waals surface area contributed by atoms with Gasteiger partial charge in [-0.1, -0.05) is 6.58 Å². The van der Waals surface area contributed by atoms with Crippen LogP contribution in [0.15, 0.2) is 49.6 Å². The molecule has 0 bridgehead atoms. The second-order valence-corrected chi connectivity index (χ2v) is 2.90. The first-order valence-electron chi connectivity index (χ1n) is 4.43. The molecular weight excluding hydrogens is 190 g/mol. The summed E-state index contributed by atoms with van der Waals surface area (Å²) in [5.41, 5.74) is 0.806. The fraction of sp³-hybridized carbons (Fsp3) is 0. The number of carbonyl (C=O) groups excluding carboxylic acids is 1. The first kappa shape index (κ1) is 9.33. The topological polar surface area (TPSA) is 47.8 Å². The van der Waals surface area contributed by atoms with Gasteiger partial charge in [0, 0.05) is 18.6 Å². The van der Waals surface area contributed by atoms with E-state index in [4.69, 9.17) is 0 Å². The highest BCUT2D eigenvalue weighted by molar-refractivity contribution is 6.01. The Hall–Kier alpha value is -2.23. The molecule has 2 heterocycles. The third kappa shape index (κ3) is 1.69. The number of carbonyl (C=O) groups is 1. The van der Waals surface area contributed by atoms with Gasteiger partial charge in [-0.05, 0) is 18.2 Å². The van der Waals surface area contributed by atoms with Crippen LogP contribution >= 0.6 is 0 Å². The van der Waals surface area contributed by atoms with Crippen LogP contribution in [0.3, 0.4) is 0 Å². The Bertz CT molecular complexity index is 488. The van der Waals surface area contributed by atoms with E-state index in [0.717, 1.165) is 5.69 Å². The minimum Gasteiger partial charge on any atom is -0.295 e. The fourth-order valence-corrected chi connectivity index (χ4v) is 1.28. The standard InChI is InChI=1S/C11H9N3O/c1-2-10(15)11-13-6-7-14(11)9-4-3-5-12-8-9/h2-8H,1H2. The smallest absolute Gasteiger partial charge is 0.221 e. The van der Waals surface area contributed by atoms with E-state index in [-0.39, 0.29) is 5.78 Å². The van der Waals surface area contributed by atoms with Crippen LogP contribution in [0.2, 0.25) is 0 Å². The highest BCUT2D eigenvalue weighted by Crippen LogP contribution is 2.09. The lowest BCUT2D eigenvalue weighted by atomic mass is 10.3. The average Bonchev–Trinajstić information content (AvgIpc) is 2.78. The van der Waals surface area contributed by atoms with Crippen LogP contribution in [-0.2, 0) is 0 Å². The quantitative estimate of drug-likeness (QED) is 0.557. The van der Waals surface area contributed by atoms with E-state index in [0.29, 0.717) is 5.82 Å². The van der Waals surface area contributed by atoms with Crippen LogP contribution in [-0.4, -0.2) is 20.3 Å². The molecule has 2 rings (SSSR count). The zero-order valence-electron chi connectivity index (χ0n) is 8.00. The van der Waals surface area contributed by atoms with E-state index in [1.54, 1.807) is 35.4 Å². The van der Waals surface area contributed by atoms with Crippen molar-refractivity contribution in [1.29, 1.82) is 0 Å². The Morgan fingerprint density at radius 2 is 2.33 bits per heavy atom. The van der Waals surface area contributed by atoms with Crippen molar-refractivity contribution in [3.05, 3.63) is 55.4 Å². The molecule has 0 amide bonds. The van der Waals surface area contributed by atoms with E-state index in [9.17, 15) is 4.79 Å². The van der Waals surface area contributed by atoms with Gasteiger partial charge in [0.2, 0.25) is 5.78 Å². The molecule has 4 heteroatoms. The Balaban J connectivity index is 2.50. The van der Waals surface area contributed by atoms with Gasteiger partial charge in [0.1, 0.15) is 0 Å². The summed E-state index contributed by atoms with van der Waals surface area (Å²) in [5, 5.41) is 0. The molecule has 74 valence electrons. The maximum absolute atomic E-state index is 11.4. The van der Waals surface area contributed by atoms with Crippen LogP contribution in [0.5, 0.6) is 0 Å². The maximum atomic E-state index is 11.4. The lowest BCUT2D eigenvalue weighted by Crippen LogP contribution is -2.06. The van der Waals surface area contributed by atoms with E-state index >= 15 is 0 Å². The Kier molecular flexibility index (Phi) is 2.41. The molecule has 0 saturated carbocycles. The number of aromatic nitrogens is 3. The van der Waals surface area contributed by atoms with Crippen molar-refractivity contribution in [2.75, 3.05) is 0 Å². The minimum absolute atomic E-state index is 0.205. The van der Waals surface area contributed by atoms with E-state index in [2.05, 4.69) is 16.5 Å². The minimum atomic E-state index is -0.205. The summed E-state index contributed by atoms with van der Waals surface area (Å²) in [4.78, 5) is 19.4. The molecule has 0 aliphatic rings. The number of pyridine rings is 1. The van der Waals surface area contributed by atoms with Gasteiger partial charge < -0.3 is 0 Å². The average molecular weight is 199 g/mol. The van der Waals surface area contributed by atoms with Gasteiger partial charge in [-0.2, -0.15) is 0 Å². The lowest BCUT2D eigenvalue weighted by molar-refractivity contribution is 0.103. The van der Waals surface area contributed by atoms with Gasteiger partial charge in [0.15, 0.2) is 5.82 Å². The fourth-order valence-electron chi connectivity index (χ4n) is 1.28. The summed E-state index contributed by atoms with van der Waals surface area (Å²) in [6.07, 6.45) is 7.88. The molecule has 0 aromatic carbocycles.